The van der Waals surface area contributed by atoms with Gasteiger partial charge in [-0.1, -0.05) is 17.7 Å². The molecule has 2 nitrogen and oxygen atoms in total. The molecule has 0 bridgehead atoms. The summed E-state index contributed by atoms with van der Waals surface area (Å²) in [5, 5.41) is 11.5. The highest BCUT2D eigenvalue weighted by Gasteiger charge is 2.20. The molecule has 0 amide bonds. The number of hydrogen-bond acceptors (Lipinski definition) is 2. The first-order chi connectivity index (χ1) is 4.27. The largest absolute Gasteiger partial charge is 0.392 e. The van der Waals surface area contributed by atoms with Gasteiger partial charge in [0.15, 0.2) is 5.00 Å². The molecule has 0 aliphatic carbocycles. The van der Waals surface area contributed by atoms with E-state index in [-0.39, 0.29) is 6.61 Å². The van der Waals surface area contributed by atoms with Crippen molar-refractivity contribution in [2.24, 2.45) is 0 Å². The normalized spacial score (nSPS) is 32.2. The zero-order valence-electron chi connectivity index (χ0n) is 4.84. The van der Waals surface area contributed by atoms with Gasteiger partial charge in [-0.15, -0.1) is 0 Å². The summed E-state index contributed by atoms with van der Waals surface area (Å²) in [6.07, 6.45) is 7.01. The minimum absolute atomic E-state index is 0.102. The molecule has 1 atom stereocenters. The number of hydrogen-bond donors (Lipinski definition) is 2. The van der Waals surface area contributed by atoms with Crippen LogP contribution in [0.5, 0.6) is 0 Å². The quantitative estimate of drug-likeness (QED) is 0.418. The molecule has 0 aromatic rings. The highest BCUT2D eigenvalue weighted by molar-refractivity contribution is 6.25. The Hall–Kier alpha value is -0.470. The summed E-state index contributed by atoms with van der Waals surface area (Å²) in [6.45, 7) is -0.102. The molecule has 1 unspecified atom stereocenters. The summed E-state index contributed by atoms with van der Waals surface area (Å²) in [4.78, 5) is -0.769. The first kappa shape index (κ1) is 6.65. The molecule has 3 heteroatoms. The monoisotopic (exact) mass is 145 g/mol. The summed E-state index contributed by atoms with van der Waals surface area (Å²) in [5.41, 5.74) is 0. The molecule has 1 heterocycles. The zero-order valence-corrected chi connectivity index (χ0v) is 5.60. The van der Waals surface area contributed by atoms with E-state index in [1.165, 1.54) is 0 Å². The van der Waals surface area contributed by atoms with Gasteiger partial charge in [-0.2, -0.15) is 0 Å². The number of aliphatic hydroxyl groups is 1. The Morgan fingerprint density at radius 2 is 2.33 bits per heavy atom. The van der Waals surface area contributed by atoms with Gasteiger partial charge in [0.25, 0.3) is 0 Å². The fourth-order valence-electron chi connectivity index (χ4n) is 0.597. The molecule has 1 rings (SSSR count). The lowest BCUT2D eigenvalue weighted by atomic mass is 10.2. The first-order valence-electron chi connectivity index (χ1n) is 2.69. The Morgan fingerprint density at radius 3 is 2.67 bits per heavy atom. The highest BCUT2D eigenvalue weighted by atomic mass is 35.5. The van der Waals surface area contributed by atoms with Crippen molar-refractivity contribution < 1.29 is 5.11 Å². The average Bonchev–Trinajstić information content (AvgIpc) is 1.90. The van der Waals surface area contributed by atoms with Gasteiger partial charge in [0.1, 0.15) is 0 Å². The predicted octanol–water partition coefficient (Wildman–Crippen LogP) is 0.587. The van der Waals surface area contributed by atoms with Crippen molar-refractivity contribution >= 4 is 11.6 Å². The van der Waals surface area contributed by atoms with Crippen LogP contribution in [0.15, 0.2) is 24.4 Å². The van der Waals surface area contributed by atoms with Gasteiger partial charge in [0, 0.05) is 0 Å². The summed E-state index contributed by atoms with van der Waals surface area (Å²) in [7, 11) is 0. The van der Waals surface area contributed by atoms with Gasteiger partial charge in [-0.05, 0) is 18.4 Å². The zero-order chi connectivity index (χ0) is 6.74. The van der Waals surface area contributed by atoms with E-state index in [0.717, 1.165) is 0 Å². The molecule has 0 saturated carbocycles. The van der Waals surface area contributed by atoms with E-state index < -0.39 is 5.00 Å². The molecule has 0 aromatic carbocycles. The van der Waals surface area contributed by atoms with Crippen LogP contribution in [-0.2, 0) is 0 Å². The van der Waals surface area contributed by atoms with E-state index in [1.54, 1.807) is 18.4 Å². The average molecular weight is 146 g/mol. The fourth-order valence-corrected chi connectivity index (χ4v) is 0.732. The topological polar surface area (TPSA) is 32.3 Å². The van der Waals surface area contributed by atoms with Gasteiger partial charge in [-0.25, -0.2) is 0 Å². The summed E-state index contributed by atoms with van der Waals surface area (Å²) >= 11 is 5.76. The van der Waals surface area contributed by atoms with Crippen molar-refractivity contribution in [2.45, 2.75) is 5.00 Å². The Kier molecular flexibility index (Phi) is 1.78. The predicted molar refractivity (Wildman–Crippen MR) is 37.1 cm³/mol. The van der Waals surface area contributed by atoms with Gasteiger partial charge in [-0.3, -0.25) is 0 Å². The lowest BCUT2D eigenvalue weighted by molar-refractivity contribution is 0.254. The Labute approximate surface area is 58.8 Å². The van der Waals surface area contributed by atoms with Gasteiger partial charge < -0.3 is 10.4 Å². The molecule has 0 saturated heterocycles. The van der Waals surface area contributed by atoms with Gasteiger partial charge in [0.05, 0.1) is 6.61 Å². The molecular weight excluding hydrogens is 138 g/mol. The van der Waals surface area contributed by atoms with Crippen LogP contribution in [0.1, 0.15) is 0 Å². The molecule has 1 aliphatic heterocycles. The molecule has 0 aromatic heterocycles. The number of rotatable bonds is 1. The fraction of sp³-hybridized carbons (Fsp3) is 0.333. The van der Waals surface area contributed by atoms with Crippen molar-refractivity contribution in [1.29, 1.82) is 0 Å². The lowest BCUT2D eigenvalue weighted by Crippen LogP contribution is -2.38. The number of aliphatic hydroxyl groups excluding tert-OH is 1. The lowest BCUT2D eigenvalue weighted by Gasteiger charge is -2.22. The smallest absolute Gasteiger partial charge is 0.154 e. The molecular formula is C6H8ClNO. The number of dihydropyridines is 1. The molecule has 0 radical (unpaired) electrons. The molecule has 50 valence electrons. The summed E-state index contributed by atoms with van der Waals surface area (Å²) < 4.78 is 0. The summed E-state index contributed by atoms with van der Waals surface area (Å²) in [5.74, 6) is 0. The van der Waals surface area contributed by atoms with Crippen molar-refractivity contribution in [1.82, 2.24) is 5.32 Å². The van der Waals surface area contributed by atoms with E-state index in [2.05, 4.69) is 5.32 Å². The van der Waals surface area contributed by atoms with Crippen LogP contribution in [-0.4, -0.2) is 16.7 Å². The van der Waals surface area contributed by atoms with E-state index in [9.17, 15) is 0 Å². The third-order valence-electron chi connectivity index (χ3n) is 1.12. The van der Waals surface area contributed by atoms with Crippen LogP contribution in [0.25, 0.3) is 0 Å². The minimum Gasteiger partial charge on any atom is -0.392 e. The Bertz CT molecular complexity index is 155. The van der Waals surface area contributed by atoms with Crippen LogP contribution in [0.3, 0.4) is 0 Å². The molecule has 2 N–H and O–H groups in total. The molecule has 9 heavy (non-hydrogen) atoms. The Balaban J connectivity index is 2.63. The minimum atomic E-state index is -0.769. The van der Waals surface area contributed by atoms with Crippen LogP contribution in [0, 0.1) is 0 Å². The van der Waals surface area contributed by atoms with Gasteiger partial charge >= 0.3 is 0 Å². The second kappa shape index (κ2) is 2.42. The maximum atomic E-state index is 8.67. The van der Waals surface area contributed by atoms with E-state index in [4.69, 9.17) is 16.7 Å². The second-order valence-corrected chi connectivity index (χ2v) is 2.56. The maximum Gasteiger partial charge on any atom is 0.154 e. The van der Waals surface area contributed by atoms with E-state index in [0.29, 0.717) is 0 Å². The van der Waals surface area contributed by atoms with Crippen LogP contribution < -0.4 is 5.32 Å². The highest BCUT2D eigenvalue weighted by Crippen LogP contribution is 2.14. The van der Waals surface area contributed by atoms with Crippen LogP contribution in [0.2, 0.25) is 0 Å². The second-order valence-electron chi connectivity index (χ2n) is 1.88. The van der Waals surface area contributed by atoms with Crippen LogP contribution >= 0.6 is 11.6 Å². The van der Waals surface area contributed by atoms with Crippen molar-refractivity contribution in [2.75, 3.05) is 6.61 Å². The third-order valence-corrected chi connectivity index (χ3v) is 1.48. The van der Waals surface area contributed by atoms with Crippen LogP contribution in [0.4, 0.5) is 0 Å². The van der Waals surface area contributed by atoms with E-state index >= 15 is 0 Å². The van der Waals surface area contributed by atoms with Crippen molar-refractivity contribution in [3.63, 3.8) is 0 Å². The third kappa shape index (κ3) is 1.47. The maximum absolute atomic E-state index is 8.67. The van der Waals surface area contributed by atoms with Crippen molar-refractivity contribution in [3.05, 3.63) is 24.4 Å². The van der Waals surface area contributed by atoms with E-state index in [1.807, 2.05) is 6.08 Å². The van der Waals surface area contributed by atoms with Crippen molar-refractivity contribution in [3.8, 4) is 0 Å². The number of nitrogens with one attached hydrogen (secondary N) is 1. The standard InChI is InChI=1S/C6H8ClNO/c7-6(5-9)3-1-2-4-8-6/h1-4,8-9H,5H2. The molecule has 0 fully saturated rings. The summed E-state index contributed by atoms with van der Waals surface area (Å²) in [6, 6.07) is 0. The SMILES string of the molecule is OCC1(Cl)C=CC=CN1. The number of allylic oxidation sites excluding steroid dienone is 2. The number of alkyl halides is 1. The first-order valence-corrected chi connectivity index (χ1v) is 3.06. The number of halogens is 1. The molecule has 0 spiro atoms. The Morgan fingerprint density at radius 1 is 1.56 bits per heavy atom. The molecule has 1 aliphatic rings. The van der Waals surface area contributed by atoms with Gasteiger partial charge in [0.2, 0.25) is 0 Å².